The molecule has 1 aromatic carbocycles. The maximum Gasteiger partial charge on any atom is 0.122 e. The van der Waals surface area contributed by atoms with E-state index < -0.39 is 0 Å². The maximum absolute atomic E-state index is 9.70. The van der Waals surface area contributed by atoms with Gasteiger partial charge in [0.1, 0.15) is 5.75 Å². The van der Waals surface area contributed by atoms with Crippen LogP contribution in [0.5, 0.6) is 5.75 Å². The molecule has 1 aliphatic rings. The Hall–Kier alpha value is -1.49. The van der Waals surface area contributed by atoms with Crippen LogP contribution in [0.15, 0.2) is 18.2 Å². The van der Waals surface area contributed by atoms with E-state index in [0.717, 1.165) is 30.9 Å². The summed E-state index contributed by atoms with van der Waals surface area (Å²) >= 11 is 0. The predicted molar refractivity (Wildman–Crippen MR) is 81.7 cm³/mol. The van der Waals surface area contributed by atoms with E-state index in [9.17, 15) is 5.26 Å². The van der Waals surface area contributed by atoms with Gasteiger partial charge in [-0.25, -0.2) is 0 Å². The van der Waals surface area contributed by atoms with E-state index in [4.69, 9.17) is 4.74 Å². The number of nitrogens with zero attached hydrogens (tertiary/aromatic N) is 1. The van der Waals surface area contributed by atoms with Crippen LogP contribution in [0.4, 0.5) is 0 Å². The zero-order chi connectivity index (χ0) is 14.6. The van der Waals surface area contributed by atoms with Crippen LogP contribution in [0.2, 0.25) is 0 Å². The van der Waals surface area contributed by atoms with Crippen LogP contribution >= 0.6 is 0 Å². The van der Waals surface area contributed by atoms with Gasteiger partial charge in [-0.15, -0.1) is 0 Å². The van der Waals surface area contributed by atoms with Crippen molar-refractivity contribution in [1.29, 1.82) is 5.26 Å². The second-order valence-corrected chi connectivity index (χ2v) is 6.24. The predicted octanol–water partition coefficient (Wildman–Crippen LogP) is 4.66. The molecule has 0 unspecified atom stereocenters. The van der Waals surface area contributed by atoms with Gasteiger partial charge in [-0.05, 0) is 56.6 Å². The fraction of sp³-hybridized carbons (Fsp3) is 0.611. The average Bonchev–Trinajstić information content (AvgIpc) is 2.48. The molecular weight excluding hydrogens is 246 g/mol. The summed E-state index contributed by atoms with van der Waals surface area (Å²) in [7, 11) is 1.71. The molecule has 108 valence electrons. The highest BCUT2D eigenvalue weighted by atomic mass is 16.5. The second-order valence-electron chi connectivity index (χ2n) is 6.24. The molecule has 0 N–H and O–H groups in total. The Balaban J connectivity index is 2.19. The number of aryl methyl sites for hydroxylation is 1. The first-order valence-electron chi connectivity index (χ1n) is 7.67. The quantitative estimate of drug-likeness (QED) is 0.798. The minimum absolute atomic E-state index is 0.188. The Kier molecular flexibility index (Phi) is 4.70. The lowest BCUT2D eigenvalue weighted by Gasteiger charge is -2.35. The van der Waals surface area contributed by atoms with Crippen LogP contribution in [0.3, 0.4) is 0 Å². The molecule has 20 heavy (non-hydrogen) atoms. The first kappa shape index (κ1) is 14.9. The smallest absolute Gasteiger partial charge is 0.122 e. The van der Waals surface area contributed by atoms with E-state index in [1.807, 2.05) is 6.07 Å². The van der Waals surface area contributed by atoms with Crippen LogP contribution < -0.4 is 4.74 Å². The summed E-state index contributed by atoms with van der Waals surface area (Å²) in [6, 6.07) is 8.88. The maximum atomic E-state index is 9.70. The van der Waals surface area contributed by atoms with Gasteiger partial charge >= 0.3 is 0 Å². The van der Waals surface area contributed by atoms with Crippen molar-refractivity contribution in [1.82, 2.24) is 0 Å². The van der Waals surface area contributed by atoms with Crippen molar-refractivity contribution in [2.45, 2.75) is 52.4 Å². The third-order valence-electron chi connectivity index (χ3n) is 4.84. The fourth-order valence-electron chi connectivity index (χ4n) is 3.38. The number of ether oxygens (including phenoxy) is 1. The highest BCUT2D eigenvalue weighted by molar-refractivity contribution is 5.38. The summed E-state index contributed by atoms with van der Waals surface area (Å²) in [5.74, 6) is 1.73. The highest BCUT2D eigenvalue weighted by Crippen LogP contribution is 2.43. The minimum Gasteiger partial charge on any atom is -0.496 e. The van der Waals surface area contributed by atoms with Gasteiger partial charge in [-0.2, -0.15) is 5.26 Å². The summed E-state index contributed by atoms with van der Waals surface area (Å²) < 4.78 is 5.46. The number of benzene rings is 1. The van der Waals surface area contributed by atoms with Gasteiger partial charge < -0.3 is 4.74 Å². The number of nitriles is 1. The van der Waals surface area contributed by atoms with Crippen molar-refractivity contribution >= 4 is 0 Å². The summed E-state index contributed by atoms with van der Waals surface area (Å²) in [6.45, 7) is 4.35. The van der Waals surface area contributed by atoms with E-state index in [2.05, 4.69) is 32.0 Å². The van der Waals surface area contributed by atoms with Crippen LogP contribution in [0.1, 0.15) is 50.2 Å². The van der Waals surface area contributed by atoms with Crippen molar-refractivity contribution < 1.29 is 4.74 Å². The highest BCUT2D eigenvalue weighted by Gasteiger charge is 2.35. The van der Waals surface area contributed by atoms with Crippen LogP contribution in [0, 0.1) is 29.6 Å². The standard InChI is InChI=1S/C18H25NO/c1-4-15-7-9-18(13-19,10-8-15)12-16-11-14(2)5-6-17(16)20-3/h5-6,11,15H,4,7-10,12H2,1-3H3. The van der Waals surface area contributed by atoms with Gasteiger partial charge in [0.2, 0.25) is 0 Å². The van der Waals surface area contributed by atoms with E-state index >= 15 is 0 Å². The SMILES string of the molecule is CCC1CCC(C#N)(Cc2cc(C)ccc2OC)CC1. The Labute approximate surface area is 122 Å². The molecule has 0 aromatic heterocycles. The third-order valence-corrected chi connectivity index (χ3v) is 4.84. The van der Waals surface area contributed by atoms with Gasteiger partial charge in [-0.1, -0.05) is 31.0 Å². The number of hydrogen-bond acceptors (Lipinski definition) is 2. The van der Waals surface area contributed by atoms with Crippen molar-refractivity contribution in [3.63, 3.8) is 0 Å². The van der Waals surface area contributed by atoms with Gasteiger partial charge in [0.15, 0.2) is 0 Å². The summed E-state index contributed by atoms with van der Waals surface area (Å²) in [6.07, 6.45) is 6.51. The molecule has 0 aliphatic heterocycles. The first-order valence-corrected chi connectivity index (χ1v) is 7.67. The Bertz CT molecular complexity index is 493. The molecule has 0 spiro atoms. The molecule has 1 aromatic rings. The molecule has 2 nitrogen and oxygen atoms in total. The lowest BCUT2D eigenvalue weighted by molar-refractivity contribution is 0.203. The molecular formula is C18H25NO. The van der Waals surface area contributed by atoms with Gasteiger partial charge in [0, 0.05) is 0 Å². The summed E-state index contributed by atoms with van der Waals surface area (Å²) in [4.78, 5) is 0. The second kappa shape index (κ2) is 6.31. The summed E-state index contributed by atoms with van der Waals surface area (Å²) in [5.41, 5.74) is 2.23. The Morgan fingerprint density at radius 1 is 1.35 bits per heavy atom. The molecule has 0 amide bonds. The third kappa shape index (κ3) is 3.15. The molecule has 0 saturated heterocycles. The van der Waals surface area contributed by atoms with E-state index in [1.54, 1.807) is 7.11 Å². The van der Waals surface area contributed by atoms with E-state index in [-0.39, 0.29) is 5.41 Å². The Morgan fingerprint density at radius 2 is 2.05 bits per heavy atom. The zero-order valence-electron chi connectivity index (χ0n) is 12.9. The van der Waals surface area contributed by atoms with E-state index in [1.165, 1.54) is 30.4 Å². The molecule has 0 atom stereocenters. The van der Waals surface area contributed by atoms with Gasteiger partial charge in [-0.3, -0.25) is 0 Å². The monoisotopic (exact) mass is 271 g/mol. The van der Waals surface area contributed by atoms with Crippen molar-refractivity contribution in [2.24, 2.45) is 11.3 Å². The van der Waals surface area contributed by atoms with Crippen LogP contribution in [0.25, 0.3) is 0 Å². The van der Waals surface area contributed by atoms with Crippen LogP contribution in [-0.4, -0.2) is 7.11 Å². The van der Waals surface area contributed by atoms with E-state index in [0.29, 0.717) is 0 Å². The number of hydrogen-bond donors (Lipinski definition) is 0. The molecule has 2 rings (SSSR count). The molecule has 2 heteroatoms. The average molecular weight is 271 g/mol. The minimum atomic E-state index is -0.188. The molecule has 1 fully saturated rings. The number of rotatable bonds is 4. The zero-order valence-corrected chi connectivity index (χ0v) is 12.9. The van der Waals surface area contributed by atoms with Gasteiger partial charge in [0.05, 0.1) is 18.6 Å². The van der Waals surface area contributed by atoms with Crippen LogP contribution in [-0.2, 0) is 6.42 Å². The number of methoxy groups -OCH3 is 1. The van der Waals surface area contributed by atoms with Crippen molar-refractivity contribution in [3.8, 4) is 11.8 Å². The largest absolute Gasteiger partial charge is 0.496 e. The lowest BCUT2D eigenvalue weighted by Crippen LogP contribution is -2.28. The molecule has 0 bridgehead atoms. The molecule has 1 saturated carbocycles. The molecule has 0 heterocycles. The lowest BCUT2D eigenvalue weighted by atomic mass is 9.68. The topological polar surface area (TPSA) is 33.0 Å². The first-order chi connectivity index (χ1) is 9.62. The molecule has 1 aliphatic carbocycles. The molecule has 0 radical (unpaired) electrons. The summed E-state index contributed by atoms with van der Waals surface area (Å²) in [5, 5.41) is 9.70. The fourth-order valence-corrected chi connectivity index (χ4v) is 3.38. The Morgan fingerprint density at radius 3 is 2.60 bits per heavy atom. The van der Waals surface area contributed by atoms with Gasteiger partial charge in [0.25, 0.3) is 0 Å². The normalized spacial score (nSPS) is 26.0. The van der Waals surface area contributed by atoms with Crippen molar-refractivity contribution in [2.75, 3.05) is 7.11 Å². The van der Waals surface area contributed by atoms with Crippen molar-refractivity contribution in [3.05, 3.63) is 29.3 Å².